The number of carbonyl (C=O) groups excluding carboxylic acids is 1. The molecule has 0 spiro atoms. The topological polar surface area (TPSA) is 97.0 Å². The van der Waals surface area contributed by atoms with Crippen LogP contribution in [-0.2, 0) is 10.5 Å². The van der Waals surface area contributed by atoms with Crippen molar-refractivity contribution < 1.29 is 9.32 Å². The molecule has 3 heterocycles. The molecule has 2 aromatic heterocycles. The number of thioether (sulfide) groups is 1. The largest absolute Gasteiger partial charge is 0.351 e. The number of aryl methyl sites for hydroxylation is 1. The van der Waals surface area contributed by atoms with Crippen molar-refractivity contribution in [3.05, 3.63) is 54.3 Å². The number of aromatic nitrogens is 4. The highest BCUT2D eigenvalue weighted by Crippen LogP contribution is 2.21. The number of hydrogen-bond acceptors (Lipinski definition) is 8. The summed E-state index contributed by atoms with van der Waals surface area (Å²) < 4.78 is 5.05. The van der Waals surface area contributed by atoms with Gasteiger partial charge in [-0.15, -0.1) is 11.8 Å². The molecule has 1 amide bonds. The van der Waals surface area contributed by atoms with E-state index in [-0.39, 0.29) is 11.9 Å². The van der Waals surface area contributed by atoms with Gasteiger partial charge in [-0.3, -0.25) is 4.79 Å². The van der Waals surface area contributed by atoms with E-state index in [1.165, 1.54) is 11.8 Å². The Morgan fingerprint density at radius 3 is 2.93 bits per heavy atom. The van der Waals surface area contributed by atoms with Crippen LogP contribution >= 0.6 is 11.8 Å². The van der Waals surface area contributed by atoms with E-state index in [2.05, 4.69) is 25.3 Å². The molecule has 1 fully saturated rings. The lowest BCUT2D eigenvalue weighted by molar-refractivity contribution is -0.119. The zero-order valence-corrected chi connectivity index (χ0v) is 16.9. The number of amides is 1. The maximum absolute atomic E-state index is 12.2. The highest BCUT2D eigenvalue weighted by molar-refractivity contribution is 7.99. The fourth-order valence-electron chi connectivity index (χ4n) is 3.23. The van der Waals surface area contributed by atoms with Crippen molar-refractivity contribution in [3.8, 4) is 11.3 Å². The van der Waals surface area contributed by atoms with Gasteiger partial charge in [-0.25, -0.2) is 9.97 Å². The quantitative estimate of drug-likeness (QED) is 0.634. The van der Waals surface area contributed by atoms with Gasteiger partial charge in [0.1, 0.15) is 0 Å². The Morgan fingerprint density at radius 1 is 1.28 bits per heavy atom. The number of nitrogens with one attached hydrogen (secondary N) is 1. The minimum absolute atomic E-state index is 0.0111. The molecule has 4 rings (SSSR count). The Bertz CT molecular complexity index is 964. The lowest BCUT2D eigenvalue weighted by Gasteiger charge is -2.17. The molecule has 1 aromatic carbocycles. The fraction of sp³-hybridized carbons (Fsp3) is 0.350. The van der Waals surface area contributed by atoms with Gasteiger partial charge in [0, 0.05) is 30.9 Å². The second-order valence-electron chi connectivity index (χ2n) is 6.84. The number of rotatable bonds is 7. The highest BCUT2D eigenvalue weighted by atomic mass is 32.2. The van der Waals surface area contributed by atoms with Gasteiger partial charge in [0.15, 0.2) is 5.82 Å². The molecule has 29 heavy (non-hydrogen) atoms. The Balaban J connectivity index is 1.27. The maximum atomic E-state index is 12.2. The first-order valence-electron chi connectivity index (χ1n) is 9.47. The van der Waals surface area contributed by atoms with Crippen molar-refractivity contribution in [1.82, 2.24) is 25.4 Å². The van der Waals surface area contributed by atoms with Gasteiger partial charge in [-0.1, -0.05) is 35.5 Å². The third-order valence-corrected chi connectivity index (χ3v) is 5.49. The van der Waals surface area contributed by atoms with E-state index >= 15 is 0 Å². The molecule has 8 nitrogen and oxygen atoms in total. The summed E-state index contributed by atoms with van der Waals surface area (Å²) in [5, 5.41) is 6.84. The number of carbonyl (C=O) groups is 1. The summed E-state index contributed by atoms with van der Waals surface area (Å²) in [6.07, 6.45) is 2.66. The van der Waals surface area contributed by atoms with Gasteiger partial charge in [-0.2, -0.15) is 4.98 Å². The fourth-order valence-corrected chi connectivity index (χ4v) is 3.89. The van der Waals surface area contributed by atoms with Gasteiger partial charge < -0.3 is 14.7 Å². The number of nitrogens with zero attached hydrogens (tertiary/aromatic N) is 5. The van der Waals surface area contributed by atoms with Gasteiger partial charge in [0.2, 0.25) is 17.7 Å². The van der Waals surface area contributed by atoms with Gasteiger partial charge in [0.25, 0.3) is 0 Å². The molecule has 0 bridgehead atoms. The Morgan fingerprint density at radius 2 is 2.14 bits per heavy atom. The zero-order chi connectivity index (χ0) is 20.1. The standard InChI is InChI=1S/C20H22N6O2S/c1-14-22-19(28-25-14)13-29-12-18(27)23-16-8-10-26(11-16)20-21-9-7-17(24-20)15-5-3-2-4-6-15/h2-7,9,16H,8,10-13H2,1H3,(H,23,27). The lowest BCUT2D eigenvalue weighted by Crippen LogP contribution is -2.38. The van der Waals surface area contributed by atoms with E-state index in [0.29, 0.717) is 35.7 Å². The van der Waals surface area contributed by atoms with E-state index in [1.54, 1.807) is 13.1 Å². The zero-order valence-electron chi connectivity index (χ0n) is 16.1. The van der Waals surface area contributed by atoms with Crippen LogP contribution in [0.25, 0.3) is 11.3 Å². The molecule has 1 aliphatic heterocycles. The van der Waals surface area contributed by atoms with E-state index in [9.17, 15) is 4.79 Å². The highest BCUT2D eigenvalue weighted by Gasteiger charge is 2.25. The van der Waals surface area contributed by atoms with Crippen LogP contribution in [0.2, 0.25) is 0 Å². The van der Waals surface area contributed by atoms with Crippen molar-refractivity contribution in [2.24, 2.45) is 0 Å². The van der Waals surface area contributed by atoms with Crippen molar-refractivity contribution >= 4 is 23.6 Å². The van der Waals surface area contributed by atoms with Crippen LogP contribution in [0.1, 0.15) is 18.1 Å². The molecule has 0 saturated carbocycles. The van der Waals surface area contributed by atoms with Crippen LogP contribution < -0.4 is 10.2 Å². The molecule has 1 N–H and O–H groups in total. The number of benzene rings is 1. The molecule has 0 radical (unpaired) electrons. The van der Waals surface area contributed by atoms with Crippen molar-refractivity contribution in [3.63, 3.8) is 0 Å². The monoisotopic (exact) mass is 410 g/mol. The molecule has 3 aromatic rings. The molecule has 0 aliphatic carbocycles. The Hall–Kier alpha value is -2.94. The first kappa shape index (κ1) is 19.4. The third-order valence-electron chi connectivity index (χ3n) is 4.58. The summed E-state index contributed by atoms with van der Waals surface area (Å²) in [4.78, 5) is 27.6. The van der Waals surface area contributed by atoms with Gasteiger partial charge in [-0.05, 0) is 19.4 Å². The minimum atomic E-state index is 0.0111. The molecule has 9 heteroatoms. The van der Waals surface area contributed by atoms with E-state index in [0.717, 1.165) is 24.2 Å². The van der Waals surface area contributed by atoms with Crippen molar-refractivity contribution in [2.75, 3.05) is 23.7 Å². The Kier molecular flexibility index (Phi) is 6.04. The second-order valence-corrected chi connectivity index (χ2v) is 7.82. The summed E-state index contributed by atoms with van der Waals surface area (Å²) in [6.45, 7) is 3.30. The summed E-state index contributed by atoms with van der Waals surface area (Å²) >= 11 is 1.46. The molecule has 150 valence electrons. The van der Waals surface area contributed by atoms with Crippen LogP contribution in [-0.4, -0.2) is 50.9 Å². The number of hydrogen-bond donors (Lipinski definition) is 1. The van der Waals surface area contributed by atoms with Crippen molar-refractivity contribution in [1.29, 1.82) is 0 Å². The smallest absolute Gasteiger partial charge is 0.236 e. The Labute approximate surface area is 173 Å². The van der Waals surface area contributed by atoms with E-state index in [4.69, 9.17) is 9.51 Å². The molecule has 1 aliphatic rings. The van der Waals surface area contributed by atoms with Crippen LogP contribution in [0, 0.1) is 6.92 Å². The molecular weight excluding hydrogens is 388 g/mol. The molecule has 1 unspecified atom stereocenters. The van der Waals surface area contributed by atoms with Gasteiger partial charge in [0.05, 0.1) is 17.2 Å². The first-order valence-corrected chi connectivity index (χ1v) is 10.6. The van der Waals surface area contributed by atoms with E-state index in [1.807, 2.05) is 36.4 Å². The van der Waals surface area contributed by atoms with Gasteiger partial charge >= 0.3 is 0 Å². The molecular formula is C20H22N6O2S. The maximum Gasteiger partial charge on any atom is 0.236 e. The van der Waals surface area contributed by atoms with Crippen LogP contribution in [0.5, 0.6) is 0 Å². The second kappa shape index (κ2) is 9.04. The van der Waals surface area contributed by atoms with Crippen molar-refractivity contribution in [2.45, 2.75) is 25.1 Å². The van der Waals surface area contributed by atoms with Crippen LogP contribution in [0.4, 0.5) is 5.95 Å². The SMILES string of the molecule is Cc1noc(CSCC(=O)NC2CCN(c3nccc(-c4ccccc4)n3)C2)n1. The molecule has 1 atom stereocenters. The summed E-state index contributed by atoms with van der Waals surface area (Å²) in [7, 11) is 0. The van der Waals surface area contributed by atoms with E-state index < -0.39 is 0 Å². The van der Waals surface area contributed by atoms with Crippen LogP contribution in [0.15, 0.2) is 47.1 Å². The summed E-state index contributed by atoms with van der Waals surface area (Å²) in [5.41, 5.74) is 1.96. The summed E-state index contributed by atoms with van der Waals surface area (Å²) in [5.74, 6) is 2.75. The predicted octanol–water partition coefficient (Wildman–Crippen LogP) is 2.46. The number of anilines is 1. The predicted molar refractivity (Wildman–Crippen MR) is 111 cm³/mol. The first-order chi connectivity index (χ1) is 14.2. The minimum Gasteiger partial charge on any atom is -0.351 e. The lowest BCUT2D eigenvalue weighted by atomic mass is 10.1. The summed E-state index contributed by atoms with van der Waals surface area (Å²) in [6, 6.07) is 12.1. The van der Waals surface area contributed by atoms with Crippen LogP contribution in [0.3, 0.4) is 0 Å². The molecule has 1 saturated heterocycles. The normalized spacial score (nSPS) is 16.2. The average molecular weight is 411 g/mol. The average Bonchev–Trinajstić information content (AvgIpc) is 3.38. The third kappa shape index (κ3) is 5.11.